The van der Waals surface area contributed by atoms with Crippen molar-refractivity contribution in [3.05, 3.63) is 0 Å². The third-order valence-electron chi connectivity index (χ3n) is 5.93. The summed E-state index contributed by atoms with van der Waals surface area (Å²) in [5.74, 6) is 0. The summed E-state index contributed by atoms with van der Waals surface area (Å²) >= 11 is 0. The lowest BCUT2D eigenvalue weighted by Crippen LogP contribution is -2.51. The lowest BCUT2D eigenvalue weighted by molar-refractivity contribution is -0.0905. The molecule has 6 nitrogen and oxygen atoms in total. The van der Waals surface area contributed by atoms with Crippen molar-refractivity contribution >= 4 is 0 Å². The Bertz CT molecular complexity index is 410. The van der Waals surface area contributed by atoms with Crippen LogP contribution in [-0.4, -0.2) is 99.4 Å². The zero-order valence-corrected chi connectivity index (χ0v) is 18.9. The van der Waals surface area contributed by atoms with Crippen molar-refractivity contribution in [1.82, 2.24) is 9.80 Å². The van der Waals surface area contributed by atoms with Crippen LogP contribution in [0.15, 0.2) is 0 Å². The molecular weight excluding hydrogens is 356 g/mol. The molecule has 28 heavy (non-hydrogen) atoms. The molecule has 0 spiro atoms. The highest BCUT2D eigenvalue weighted by Crippen LogP contribution is 2.20. The second-order valence-electron chi connectivity index (χ2n) is 8.69. The van der Waals surface area contributed by atoms with Crippen LogP contribution in [0.4, 0.5) is 0 Å². The largest absolute Gasteiger partial charge is 0.379 e. The number of morpholine rings is 2. The predicted octanol–water partition coefficient (Wildman–Crippen LogP) is 2.80. The minimum Gasteiger partial charge on any atom is -0.379 e. The van der Waals surface area contributed by atoms with Gasteiger partial charge in [0.2, 0.25) is 0 Å². The first kappa shape index (κ1) is 24.0. The Balaban J connectivity index is 1.60. The van der Waals surface area contributed by atoms with Gasteiger partial charge in [-0.25, -0.2) is 0 Å². The van der Waals surface area contributed by atoms with Crippen LogP contribution in [-0.2, 0) is 18.9 Å². The van der Waals surface area contributed by atoms with Crippen molar-refractivity contribution in [2.75, 3.05) is 59.2 Å². The maximum Gasteiger partial charge on any atom is 0.0752 e. The van der Waals surface area contributed by atoms with Gasteiger partial charge in [-0.3, -0.25) is 9.80 Å². The lowest BCUT2D eigenvalue weighted by atomic mass is 10.0. The molecule has 6 heteroatoms. The molecule has 166 valence electrons. The average Bonchev–Trinajstić information content (AvgIpc) is 2.66. The summed E-state index contributed by atoms with van der Waals surface area (Å²) in [6.45, 7) is 19.3. The first-order chi connectivity index (χ1) is 13.5. The predicted molar refractivity (Wildman–Crippen MR) is 113 cm³/mol. The molecule has 2 aliphatic heterocycles. The highest BCUT2D eigenvalue weighted by atomic mass is 16.5. The van der Waals surface area contributed by atoms with E-state index in [-0.39, 0.29) is 12.2 Å². The molecule has 2 fully saturated rings. The summed E-state index contributed by atoms with van der Waals surface area (Å²) in [4.78, 5) is 5.05. The monoisotopic (exact) mass is 400 g/mol. The second-order valence-corrected chi connectivity index (χ2v) is 8.69. The van der Waals surface area contributed by atoms with Gasteiger partial charge in [0.1, 0.15) is 0 Å². The fraction of sp³-hybridized carbons (Fsp3) is 1.00. The Morgan fingerprint density at radius 3 is 2.32 bits per heavy atom. The van der Waals surface area contributed by atoms with Crippen LogP contribution >= 0.6 is 0 Å². The molecule has 2 rings (SSSR count). The van der Waals surface area contributed by atoms with Crippen molar-refractivity contribution < 1.29 is 18.9 Å². The Labute approximate surface area is 172 Å². The van der Waals surface area contributed by atoms with Crippen LogP contribution in [0, 0.1) is 0 Å². The molecule has 0 N–H and O–H groups in total. The molecule has 0 aromatic carbocycles. The normalized spacial score (nSPS) is 28.7. The smallest absolute Gasteiger partial charge is 0.0752 e. The van der Waals surface area contributed by atoms with Gasteiger partial charge in [0.05, 0.1) is 38.1 Å². The van der Waals surface area contributed by atoms with E-state index in [1.54, 1.807) is 0 Å². The number of hydrogen-bond acceptors (Lipinski definition) is 6. The number of nitrogens with zero attached hydrogens (tertiary/aromatic N) is 2. The highest BCUT2D eigenvalue weighted by Gasteiger charge is 2.29. The van der Waals surface area contributed by atoms with E-state index in [0.717, 1.165) is 78.5 Å². The van der Waals surface area contributed by atoms with Gasteiger partial charge in [0.15, 0.2) is 0 Å². The van der Waals surface area contributed by atoms with Crippen LogP contribution in [0.25, 0.3) is 0 Å². The van der Waals surface area contributed by atoms with Gasteiger partial charge in [-0.15, -0.1) is 0 Å². The minimum absolute atomic E-state index is 0.235. The number of hydrogen-bond donors (Lipinski definition) is 0. The molecular formula is C22H44N2O4. The third-order valence-corrected chi connectivity index (χ3v) is 5.93. The standard InChI is InChI=1S/C22H44N2O4/c1-18(2)26-12-7-9-24-11-15-28-22(21(24)5)16-20(4)27-13-6-8-23-10-14-25-17-19(23)3/h18-22H,6-17H2,1-5H3/t19-,20?,21?,22?/m0/s1. The Morgan fingerprint density at radius 2 is 1.61 bits per heavy atom. The van der Waals surface area contributed by atoms with Crippen LogP contribution in [0.3, 0.4) is 0 Å². The van der Waals surface area contributed by atoms with Gasteiger partial charge in [-0.05, 0) is 47.5 Å². The average molecular weight is 401 g/mol. The van der Waals surface area contributed by atoms with Crippen LogP contribution in [0.2, 0.25) is 0 Å². The maximum absolute atomic E-state index is 6.10. The molecule has 0 radical (unpaired) electrons. The SMILES string of the molecule is CC(C)OCCCN1CCOC(CC(C)OCCCN2CCOC[C@@H]2C)C1C. The number of ether oxygens (including phenoxy) is 4. The molecule has 0 aliphatic carbocycles. The Hall–Kier alpha value is -0.240. The Kier molecular flexibility index (Phi) is 11.3. The van der Waals surface area contributed by atoms with Gasteiger partial charge >= 0.3 is 0 Å². The quantitative estimate of drug-likeness (QED) is 0.469. The van der Waals surface area contributed by atoms with Crippen LogP contribution in [0.5, 0.6) is 0 Å². The van der Waals surface area contributed by atoms with Gasteiger partial charge in [-0.1, -0.05) is 0 Å². The summed E-state index contributed by atoms with van der Waals surface area (Å²) < 4.78 is 23.4. The molecule has 0 aromatic heterocycles. The van der Waals surface area contributed by atoms with Crippen LogP contribution in [0.1, 0.15) is 53.9 Å². The molecule has 2 saturated heterocycles. The fourth-order valence-corrected chi connectivity index (χ4v) is 4.11. The summed E-state index contributed by atoms with van der Waals surface area (Å²) in [6.07, 6.45) is 3.94. The first-order valence-electron chi connectivity index (χ1n) is 11.4. The van der Waals surface area contributed by atoms with Gasteiger partial charge in [0.25, 0.3) is 0 Å². The van der Waals surface area contributed by atoms with Gasteiger partial charge in [-0.2, -0.15) is 0 Å². The molecule has 0 aromatic rings. The summed E-state index contributed by atoms with van der Waals surface area (Å²) in [5.41, 5.74) is 0. The maximum atomic E-state index is 6.10. The third kappa shape index (κ3) is 8.64. The van der Waals surface area contributed by atoms with E-state index >= 15 is 0 Å². The van der Waals surface area contributed by atoms with Gasteiger partial charge < -0.3 is 18.9 Å². The molecule has 0 bridgehead atoms. The van der Waals surface area contributed by atoms with Crippen molar-refractivity contribution in [2.24, 2.45) is 0 Å². The van der Waals surface area contributed by atoms with E-state index in [1.165, 1.54) is 0 Å². The van der Waals surface area contributed by atoms with E-state index in [0.29, 0.717) is 18.2 Å². The van der Waals surface area contributed by atoms with E-state index in [4.69, 9.17) is 18.9 Å². The topological polar surface area (TPSA) is 43.4 Å². The van der Waals surface area contributed by atoms with E-state index < -0.39 is 0 Å². The second kappa shape index (κ2) is 13.1. The molecule has 0 saturated carbocycles. The fourth-order valence-electron chi connectivity index (χ4n) is 4.11. The Morgan fingerprint density at radius 1 is 0.929 bits per heavy atom. The van der Waals surface area contributed by atoms with Crippen molar-refractivity contribution in [1.29, 1.82) is 0 Å². The molecule has 4 atom stereocenters. The molecule has 2 heterocycles. The summed E-state index contributed by atoms with van der Waals surface area (Å²) in [7, 11) is 0. The van der Waals surface area contributed by atoms with Crippen LogP contribution < -0.4 is 0 Å². The van der Waals surface area contributed by atoms with E-state index in [9.17, 15) is 0 Å². The van der Waals surface area contributed by atoms with Crippen molar-refractivity contribution in [2.45, 2.75) is 84.3 Å². The lowest BCUT2D eigenvalue weighted by Gasteiger charge is -2.40. The first-order valence-corrected chi connectivity index (χ1v) is 11.4. The molecule has 3 unspecified atom stereocenters. The molecule has 0 amide bonds. The summed E-state index contributed by atoms with van der Waals surface area (Å²) in [6, 6.07) is 0.965. The van der Waals surface area contributed by atoms with Crippen molar-refractivity contribution in [3.63, 3.8) is 0 Å². The minimum atomic E-state index is 0.235. The van der Waals surface area contributed by atoms with Crippen molar-refractivity contribution in [3.8, 4) is 0 Å². The van der Waals surface area contributed by atoms with E-state index in [1.807, 2.05) is 0 Å². The van der Waals surface area contributed by atoms with E-state index in [2.05, 4.69) is 44.4 Å². The number of rotatable bonds is 12. The summed E-state index contributed by atoms with van der Waals surface area (Å²) in [5, 5.41) is 0. The molecule has 2 aliphatic rings. The van der Waals surface area contributed by atoms with Gasteiger partial charge in [0, 0.05) is 57.9 Å². The zero-order chi connectivity index (χ0) is 20.4. The highest BCUT2D eigenvalue weighted by molar-refractivity contribution is 4.82. The zero-order valence-electron chi connectivity index (χ0n) is 18.9.